The van der Waals surface area contributed by atoms with Crippen molar-refractivity contribution in [3.05, 3.63) is 53.6 Å². The summed E-state index contributed by atoms with van der Waals surface area (Å²) in [6.07, 6.45) is 2.21. The van der Waals surface area contributed by atoms with Gasteiger partial charge in [-0.15, -0.1) is 0 Å². The lowest BCUT2D eigenvalue weighted by Crippen LogP contribution is -2.49. The van der Waals surface area contributed by atoms with Crippen molar-refractivity contribution >= 4 is 29.3 Å². The van der Waals surface area contributed by atoms with Gasteiger partial charge >= 0.3 is 5.97 Å². The maximum absolute atomic E-state index is 13.1. The van der Waals surface area contributed by atoms with E-state index in [9.17, 15) is 19.2 Å². The summed E-state index contributed by atoms with van der Waals surface area (Å²) in [5.41, 5.74) is 1.82. The molecule has 196 valence electrons. The van der Waals surface area contributed by atoms with E-state index in [-0.39, 0.29) is 55.8 Å². The molecule has 2 aromatic rings. The second kappa shape index (κ2) is 11.9. The number of anilines is 1. The molecule has 9 nitrogen and oxygen atoms in total. The van der Waals surface area contributed by atoms with E-state index in [2.05, 4.69) is 0 Å². The van der Waals surface area contributed by atoms with E-state index in [4.69, 9.17) is 14.2 Å². The minimum absolute atomic E-state index is 0.164. The van der Waals surface area contributed by atoms with Gasteiger partial charge in [0.25, 0.3) is 5.91 Å². The highest BCUT2D eigenvalue weighted by atomic mass is 16.5. The second-order valence-corrected chi connectivity index (χ2v) is 9.09. The molecule has 1 atom stereocenters. The Bertz CT molecular complexity index is 1180. The number of likely N-dealkylation sites (tertiary alicyclic amines) is 1. The van der Waals surface area contributed by atoms with Gasteiger partial charge in [-0.1, -0.05) is 19.1 Å². The average molecular weight is 509 g/mol. The number of rotatable bonds is 9. The summed E-state index contributed by atoms with van der Waals surface area (Å²) in [5.74, 6) is -0.555. The molecule has 2 aliphatic heterocycles. The third-order valence-corrected chi connectivity index (χ3v) is 6.59. The molecular formula is C28H32N2O7. The fourth-order valence-corrected chi connectivity index (χ4v) is 4.53. The van der Waals surface area contributed by atoms with Gasteiger partial charge in [0.1, 0.15) is 18.0 Å². The van der Waals surface area contributed by atoms with Crippen LogP contribution in [-0.2, 0) is 25.5 Å². The number of benzene rings is 2. The van der Waals surface area contributed by atoms with E-state index >= 15 is 0 Å². The van der Waals surface area contributed by atoms with Crippen molar-refractivity contribution < 1.29 is 33.4 Å². The number of carbonyl (C=O) groups is 4. The molecule has 0 saturated carbocycles. The molecule has 0 radical (unpaired) electrons. The van der Waals surface area contributed by atoms with Gasteiger partial charge in [0.05, 0.1) is 18.2 Å². The van der Waals surface area contributed by atoms with Crippen LogP contribution in [0.1, 0.15) is 42.6 Å². The van der Waals surface area contributed by atoms with E-state index in [0.717, 1.165) is 12.0 Å². The summed E-state index contributed by atoms with van der Waals surface area (Å²) in [7, 11) is 0. The van der Waals surface area contributed by atoms with Crippen molar-refractivity contribution in [3.8, 4) is 11.5 Å². The number of fused-ring (bicyclic) bond motifs is 1. The molecule has 2 amide bonds. The third-order valence-electron chi connectivity index (χ3n) is 6.59. The van der Waals surface area contributed by atoms with Crippen LogP contribution in [0.2, 0.25) is 0 Å². The first-order chi connectivity index (χ1) is 17.9. The summed E-state index contributed by atoms with van der Waals surface area (Å²) in [6, 6.07) is 12.4. The molecular weight excluding hydrogens is 476 g/mol. The Kier molecular flexibility index (Phi) is 8.43. The number of amides is 2. The minimum Gasteiger partial charge on any atom is -0.485 e. The van der Waals surface area contributed by atoms with Crippen LogP contribution in [0.25, 0.3) is 0 Å². The van der Waals surface area contributed by atoms with Gasteiger partial charge in [0.15, 0.2) is 19.0 Å². The van der Waals surface area contributed by atoms with E-state index in [0.29, 0.717) is 48.7 Å². The monoisotopic (exact) mass is 508 g/mol. The molecule has 1 saturated heterocycles. The predicted molar refractivity (Wildman–Crippen MR) is 136 cm³/mol. The number of hydrogen-bond donors (Lipinski definition) is 0. The van der Waals surface area contributed by atoms with Crippen molar-refractivity contribution in [3.63, 3.8) is 0 Å². The highest BCUT2D eigenvalue weighted by Crippen LogP contribution is 2.33. The standard InChI is InChI=1S/C28H32N2O7/c1-3-19-7-5-9-22(13-19)36-17-24(31)20-10-11-25-23(14-20)30(27(33)18-37-25)16-26(32)29-12-6-8-21(15-29)28(34)35-4-2/h5,7,9-11,13-14,21H,3-4,6,8,12,15-18H2,1-2H3/t21-/m0/s1. The second-order valence-electron chi connectivity index (χ2n) is 9.09. The largest absolute Gasteiger partial charge is 0.485 e. The van der Waals surface area contributed by atoms with Gasteiger partial charge in [-0.25, -0.2) is 0 Å². The number of esters is 1. The Morgan fingerprint density at radius 2 is 1.95 bits per heavy atom. The van der Waals surface area contributed by atoms with Crippen molar-refractivity contribution in [2.45, 2.75) is 33.1 Å². The van der Waals surface area contributed by atoms with Gasteiger partial charge < -0.3 is 19.1 Å². The van der Waals surface area contributed by atoms with E-state index in [1.807, 2.05) is 25.1 Å². The highest BCUT2D eigenvalue weighted by molar-refractivity contribution is 6.04. The van der Waals surface area contributed by atoms with Crippen LogP contribution in [-0.4, -0.2) is 67.9 Å². The van der Waals surface area contributed by atoms with Gasteiger partial charge in [0.2, 0.25) is 5.91 Å². The van der Waals surface area contributed by atoms with Crippen LogP contribution < -0.4 is 14.4 Å². The summed E-state index contributed by atoms with van der Waals surface area (Å²) < 4.78 is 16.3. The first kappa shape index (κ1) is 26.2. The van der Waals surface area contributed by atoms with Gasteiger partial charge in [-0.2, -0.15) is 0 Å². The lowest BCUT2D eigenvalue weighted by atomic mass is 9.98. The topological polar surface area (TPSA) is 102 Å². The third kappa shape index (κ3) is 6.28. The molecule has 0 aromatic heterocycles. The molecule has 37 heavy (non-hydrogen) atoms. The zero-order chi connectivity index (χ0) is 26.4. The van der Waals surface area contributed by atoms with Crippen LogP contribution in [0.4, 0.5) is 5.69 Å². The smallest absolute Gasteiger partial charge is 0.310 e. The first-order valence-electron chi connectivity index (χ1n) is 12.7. The Hall–Kier alpha value is -3.88. The fourth-order valence-electron chi connectivity index (χ4n) is 4.53. The van der Waals surface area contributed by atoms with Gasteiger partial charge in [-0.05, 0) is 62.1 Å². The number of piperidine rings is 1. The molecule has 2 aromatic carbocycles. The number of carbonyl (C=O) groups excluding carboxylic acids is 4. The SMILES string of the molecule is CCOC(=O)[C@H]1CCCN(C(=O)CN2C(=O)COc3ccc(C(=O)COc4cccc(CC)c4)cc32)C1. The molecule has 9 heteroatoms. The fraction of sp³-hybridized carbons (Fsp3) is 0.429. The quantitative estimate of drug-likeness (QED) is 0.379. The van der Waals surface area contributed by atoms with Crippen LogP contribution in [0.3, 0.4) is 0 Å². The Morgan fingerprint density at radius 1 is 1.11 bits per heavy atom. The maximum atomic E-state index is 13.1. The predicted octanol–water partition coefficient (Wildman–Crippen LogP) is 3.04. The number of Topliss-reactive ketones (excluding diaryl/α,β-unsaturated/α-hetero) is 1. The molecule has 4 rings (SSSR count). The molecule has 2 aliphatic rings. The molecule has 2 heterocycles. The van der Waals surface area contributed by atoms with Gasteiger partial charge in [-0.3, -0.25) is 24.1 Å². The van der Waals surface area contributed by atoms with Crippen LogP contribution >= 0.6 is 0 Å². The van der Waals surface area contributed by atoms with Crippen molar-refractivity contribution in [2.75, 3.05) is 44.4 Å². The average Bonchev–Trinajstić information content (AvgIpc) is 2.93. The van der Waals surface area contributed by atoms with Crippen LogP contribution in [0, 0.1) is 5.92 Å². The van der Waals surface area contributed by atoms with Gasteiger partial charge in [0, 0.05) is 18.7 Å². The first-order valence-corrected chi connectivity index (χ1v) is 12.7. The molecule has 0 aliphatic carbocycles. The lowest BCUT2D eigenvalue weighted by molar-refractivity contribution is -0.151. The van der Waals surface area contributed by atoms with E-state index < -0.39 is 0 Å². The molecule has 1 fully saturated rings. The molecule has 0 spiro atoms. The lowest BCUT2D eigenvalue weighted by Gasteiger charge is -2.34. The van der Waals surface area contributed by atoms with Crippen molar-refractivity contribution in [2.24, 2.45) is 5.92 Å². The van der Waals surface area contributed by atoms with Crippen molar-refractivity contribution in [1.29, 1.82) is 0 Å². The molecule has 0 unspecified atom stereocenters. The highest BCUT2D eigenvalue weighted by Gasteiger charge is 2.33. The Morgan fingerprint density at radius 3 is 2.73 bits per heavy atom. The van der Waals surface area contributed by atoms with E-state index in [1.54, 1.807) is 36.1 Å². The Labute approximate surface area is 216 Å². The number of aryl methyl sites for hydroxylation is 1. The molecule has 0 bridgehead atoms. The summed E-state index contributed by atoms with van der Waals surface area (Å²) in [6.45, 7) is 4.29. The molecule has 0 N–H and O–H groups in total. The summed E-state index contributed by atoms with van der Waals surface area (Å²) in [5, 5.41) is 0. The van der Waals surface area contributed by atoms with Crippen molar-refractivity contribution in [1.82, 2.24) is 4.90 Å². The number of nitrogens with zero attached hydrogens (tertiary/aromatic N) is 2. The Balaban J connectivity index is 1.45. The number of ketones is 1. The van der Waals surface area contributed by atoms with E-state index in [1.165, 1.54) is 4.90 Å². The summed E-state index contributed by atoms with van der Waals surface area (Å²) in [4.78, 5) is 53.9. The normalized spacial score (nSPS) is 17.0. The summed E-state index contributed by atoms with van der Waals surface area (Å²) >= 11 is 0. The number of hydrogen-bond acceptors (Lipinski definition) is 7. The maximum Gasteiger partial charge on any atom is 0.310 e. The van der Waals surface area contributed by atoms with Crippen LogP contribution in [0.5, 0.6) is 11.5 Å². The minimum atomic E-state index is -0.378. The zero-order valence-electron chi connectivity index (χ0n) is 21.2. The zero-order valence-corrected chi connectivity index (χ0v) is 21.2. The van der Waals surface area contributed by atoms with Crippen LogP contribution in [0.15, 0.2) is 42.5 Å². The number of ether oxygens (including phenoxy) is 3.